The monoisotopic (exact) mass is 308 g/mol. The van der Waals surface area contributed by atoms with E-state index in [1.54, 1.807) is 6.92 Å². The average molecular weight is 308 g/mol. The summed E-state index contributed by atoms with van der Waals surface area (Å²) in [7, 11) is 0. The molecular weight excluding hydrogens is 284 g/mol. The van der Waals surface area contributed by atoms with E-state index in [1.165, 1.54) is 0 Å². The molecule has 2 saturated heterocycles. The largest absolute Gasteiger partial charge is 0.465 e. The molecular formula is C16H24N2O4. The lowest BCUT2D eigenvalue weighted by atomic mass is 10.0. The number of aryl methyl sites for hydroxylation is 1. The molecule has 2 aliphatic heterocycles. The molecule has 1 spiro atoms. The molecule has 122 valence electrons. The molecule has 0 bridgehead atoms. The Kier molecular flexibility index (Phi) is 4.52. The Labute approximate surface area is 131 Å². The maximum atomic E-state index is 11.7. The molecule has 2 aliphatic rings. The van der Waals surface area contributed by atoms with Crippen LogP contribution in [0.2, 0.25) is 0 Å². The van der Waals surface area contributed by atoms with Gasteiger partial charge in [0.2, 0.25) is 5.91 Å². The standard InChI is InChI=1S/C16H24N2O4/c1-13-3-4-15(22-13)9-17-5-8-21-16(10-17)11-18(14(2)19)6-7-20-12-16/h3-4H,5-12H2,1-2H3/t16-/m0/s1. The predicted octanol–water partition coefficient (Wildman–Crippen LogP) is 1.04. The van der Waals surface area contributed by atoms with Crippen LogP contribution in [0, 0.1) is 6.92 Å². The van der Waals surface area contributed by atoms with E-state index in [0.717, 1.165) is 31.2 Å². The van der Waals surface area contributed by atoms with Gasteiger partial charge >= 0.3 is 0 Å². The van der Waals surface area contributed by atoms with Gasteiger partial charge in [0, 0.05) is 26.6 Å². The van der Waals surface area contributed by atoms with Crippen LogP contribution in [0.1, 0.15) is 18.4 Å². The Morgan fingerprint density at radius 2 is 2.14 bits per heavy atom. The smallest absolute Gasteiger partial charge is 0.219 e. The number of carbonyl (C=O) groups is 1. The Hall–Kier alpha value is -1.37. The first-order valence-electron chi connectivity index (χ1n) is 7.81. The molecule has 3 rings (SSSR count). The Balaban J connectivity index is 1.68. The van der Waals surface area contributed by atoms with Gasteiger partial charge in [-0.3, -0.25) is 9.69 Å². The van der Waals surface area contributed by atoms with Gasteiger partial charge in [0.25, 0.3) is 0 Å². The van der Waals surface area contributed by atoms with E-state index >= 15 is 0 Å². The van der Waals surface area contributed by atoms with E-state index in [0.29, 0.717) is 32.9 Å². The average Bonchev–Trinajstić information content (AvgIpc) is 2.76. The molecule has 1 aromatic heterocycles. The third-order valence-electron chi connectivity index (χ3n) is 4.30. The maximum Gasteiger partial charge on any atom is 0.219 e. The van der Waals surface area contributed by atoms with E-state index in [1.807, 2.05) is 24.0 Å². The molecule has 0 radical (unpaired) electrons. The fourth-order valence-corrected chi connectivity index (χ4v) is 3.21. The van der Waals surface area contributed by atoms with Gasteiger partial charge in [-0.1, -0.05) is 0 Å². The number of hydrogen-bond donors (Lipinski definition) is 0. The number of ether oxygens (including phenoxy) is 2. The molecule has 1 amide bonds. The topological polar surface area (TPSA) is 55.2 Å². The molecule has 0 unspecified atom stereocenters. The van der Waals surface area contributed by atoms with Crippen LogP contribution in [0.15, 0.2) is 16.5 Å². The first kappa shape index (κ1) is 15.5. The van der Waals surface area contributed by atoms with Crippen LogP contribution in [0.3, 0.4) is 0 Å². The molecule has 6 heteroatoms. The van der Waals surface area contributed by atoms with Crippen molar-refractivity contribution in [2.24, 2.45) is 0 Å². The second-order valence-corrected chi connectivity index (χ2v) is 6.25. The van der Waals surface area contributed by atoms with E-state index in [2.05, 4.69) is 4.90 Å². The lowest BCUT2D eigenvalue weighted by Gasteiger charge is -2.43. The summed E-state index contributed by atoms with van der Waals surface area (Å²) in [5.74, 6) is 1.97. The molecule has 3 heterocycles. The van der Waals surface area contributed by atoms with Crippen molar-refractivity contribution >= 4 is 5.91 Å². The maximum absolute atomic E-state index is 11.7. The van der Waals surface area contributed by atoms with Gasteiger partial charge in [-0.25, -0.2) is 0 Å². The van der Waals surface area contributed by atoms with Crippen molar-refractivity contribution in [1.29, 1.82) is 0 Å². The van der Waals surface area contributed by atoms with Crippen LogP contribution < -0.4 is 0 Å². The zero-order chi connectivity index (χ0) is 15.6. The second kappa shape index (κ2) is 6.40. The minimum atomic E-state index is -0.429. The molecule has 1 aromatic rings. The lowest BCUT2D eigenvalue weighted by Crippen LogP contribution is -2.58. The quantitative estimate of drug-likeness (QED) is 0.817. The predicted molar refractivity (Wildman–Crippen MR) is 80.5 cm³/mol. The molecule has 0 saturated carbocycles. The third-order valence-corrected chi connectivity index (χ3v) is 4.30. The van der Waals surface area contributed by atoms with Crippen molar-refractivity contribution in [3.05, 3.63) is 23.7 Å². The summed E-state index contributed by atoms with van der Waals surface area (Å²) in [5, 5.41) is 0. The highest BCUT2D eigenvalue weighted by Crippen LogP contribution is 2.24. The number of rotatable bonds is 2. The molecule has 0 aliphatic carbocycles. The summed E-state index contributed by atoms with van der Waals surface area (Å²) < 4.78 is 17.4. The van der Waals surface area contributed by atoms with Gasteiger partial charge in [0.05, 0.1) is 32.9 Å². The number of carbonyl (C=O) groups excluding carboxylic acids is 1. The van der Waals surface area contributed by atoms with Gasteiger partial charge in [-0.15, -0.1) is 0 Å². The first-order chi connectivity index (χ1) is 10.6. The van der Waals surface area contributed by atoms with Crippen molar-refractivity contribution in [2.75, 3.05) is 46.0 Å². The summed E-state index contributed by atoms with van der Waals surface area (Å²) >= 11 is 0. The summed E-state index contributed by atoms with van der Waals surface area (Å²) in [5.41, 5.74) is -0.429. The molecule has 1 atom stereocenters. The lowest BCUT2D eigenvalue weighted by molar-refractivity contribution is -0.151. The van der Waals surface area contributed by atoms with Crippen LogP contribution in [0.5, 0.6) is 0 Å². The summed E-state index contributed by atoms with van der Waals surface area (Å²) in [6.45, 7) is 8.91. The van der Waals surface area contributed by atoms with Crippen molar-refractivity contribution in [2.45, 2.75) is 26.0 Å². The van der Waals surface area contributed by atoms with Crippen molar-refractivity contribution < 1.29 is 18.7 Å². The highest BCUT2D eigenvalue weighted by molar-refractivity contribution is 5.73. The van der Waals surface area contributed by atoms with Crippen molar-refractivity contribution in [1.82, 2.24) is 9.80 Å². The summed E-state index contributed by atoms with van der Waals surface area (Å²) in [6.07, 6.45) is 0. The molecule has 22 heavy (non-hydrogen) atoms. The third kappa shape index (κ3) is 3.51. The van der Waals surface area contributed by atoms with Crippen molar-refractivity contribution in [3.8, 4) is 0 Å². The fraction of sp³-hybridized carbons (Fsp3) is 0.688. The zero-order valence-electron chi connectivity index (χ0n) is 13.3. The van der Waals surface area contributed by atoms with Gasteiger partial charge in [0.15, 0.2) is 0 Å². The number of amides is 1. The molecule has 0 N–H and O–H groups in total. The normalized spacial score (nSPS) is 27.1. The molecule has 2 fully saturated rings. The minimum absolute atomic E-state index is 0.0762. The van der Waals surface area contributed by atoms with Crippen molar-refractivity contribution in [3.63, 3.8) is 0 Å². The highest BCUT2D eigenvalue weighted by Gasteiger charge is 2.41. The summed E-state index contributed by atoms with van der Waals surface area (Å²) in [6, 6.07) is 4.00. The van der Waals surface area contributed by atoms with Crippen LogP contribution >= 0.6 is 0 Å². The van der Waals surface area contributed by atoms with Crippen LogP contribution in [-0.2, 0) is 20.8 Å². The molecule has 6 nitrogen and oxygen atoms in total. The van der Waals surface area contributed by atoms with Gasteiger partial charge in [0.1, 0.15) is 17.1 Å². The molecule has 0 aromatic carbocycles. The number of morpholine rings is 1. The zero-order valence-corrected chi connectivity index (χ0v) is 13.3. The Bertz CT molecular complexity index is 530. The van der Waals surface area contributed by atoms with E-state index < -0.39 is 5.60 Å². The van der Waals surface area contributed by atoms with Crippen LogP contribution in [-0.4, -0.2) is 67.3 Å². The van der Waals surface area contributed by atoms with Gasteiger partial charge < -0.3 is 18.8 Å². The Morgan fingerprint density at radius 1 is 1.27 bits per heavy atom. The SMILES string of the molecule is CC(=O)N1CCOC[C@]2(CN(Cc3ccc(C)o3)CCO2)C1. The highest BCUT2D eigenvalue weighted by atomic mass is 16.5. The first-order valence-corrected chi connectivity index (χ1v) is 7.81. The summed E-state index contributed by atoms with van der Waals surface area (Å²) in [4.78, 5) is 15.9. The van der Waals surface area contributed by atoms with Gasteiger partial charge in [-0.05, 0) is 19.1 Å². The van der Waals surface area contributed by atoms with Crippen LogP contribution in [0.25, 0.3) is 0 Å². The number of furan rings is 1. The number of hydrogen-bond acceptors (Lipinski definition) is 5. The van der Waals surface area contributed by atoms with E-state index in [9.17, 15) is 4.79 Å². The number of nitrogens with zero attached hydrogens (tertiary/aromatic N) is 2. The van der Waals surface area contributed by atoms with Crippen LogP contribution in [0.4, 0.5) is 0 Å². The Morgan fingerprint density at radius 3 is 2.86 bits per heavy atom. The second-order valence-electron chi connectivity index (χ2n) is 6.25. The van der Waals surface area contributed by atoms with E-state index in [4.69, 9.17) is 13.9 Å². The fourth-order valence-electron chi connectivity index (χ4n) is 3.21. The van der Waals surface area contributed by atoms with E-state index in [-0.39, 0.29) is 5.91 Å². The minimum Gasteiger partial charge on any atom is -0.465 e. The van der Waals surface area contributed by atoms with Gasteiger partial charge in [-0.2, -0.15) is 0 Å².